The second-order valence-corrected chi connectivity index (χ2v) is 5.98. The predicted molar refractivity (Wildman–Crippen MR) is 76.9 cm³/mol. The Labute approximate surface area is 120 Å². The lowest BCUT2D eigenvalue weighted by molar-refractivity contribution is 0.602. The summed E-state index contributed by atoms with van der Waals surface area (Å²) in [6.45, 7) is 0. The summed E-state index contributed by atoms with van der Waals surface area (Å²) in [5, 5.41) is 9.55. The molecule has 0 fully saturated rings. The largest absolute Gasteiger partial charge is 0.368 e. The van der Waals surface area contributed by atoms with Crippen LogP contribution in [0.25, 0.3) is 0 Å². The van der Waals surface area contributed by atoms with Gasteiger partial charge in [0.1, 0.15) is 0 Å². The Morgan fingerprint density at radius 3 is 2.76 bits per heavy atom. The van der Waals surface area contributed by atoms with Crippen molar-refractivity contribution in [3.05, 3.63) is 24.3 Å². The SMILES string of the molecule is CS(=O)(=O)c1cccc(Nc2nc(N)nc(N=C=N)n2)c1. The number of sulfone groups is 1. The zero-order valence-electron chi connectivity index (χ0n) is 10.9. The van der Waals surface area contributed by atoms with Gasteiger partial charge < -0.3 is 11.1 Å². The van der Waals surface area contributed by atoms with E-state index in [-0.39, 0.29) is 22.7 Å². The standard InChI is InChI=1S/C11H11N7O2S/c1-21(19,20)8-4-2-3-7(5-8)15-11-17-9(13)16-10(18-11)14-6-12/h2-5,12H,1H3,(H3,13,15,16,17,18). The molecule has 2 rings (SSSR count). The van der Waals surface area contributed by atoms with Gasteiger partial charge in [-0.3, -0.25) is 0 Å². The molecule has 0 saturated carbocycles. The first-order valence-corrected chi connectivity index (χ1v) is 7.49. The number of hydrogen-bond acceptors (Lipinski definition) is 9. The molecule has 0 atom stereocenters. The van der Waals surface area contributed by atoms with Gasteiger partial charge >= 0.3 is 0 Å². The molecule has 108 valence electrons. The second-order valence-electron chi connectivity index (χ2n) is 3.97. The number of aromatic nitrogens is 3. The topological polar surface area (TPSA) is 147 Å². The lowest BCUT2D eigenvalue weighted by atomic mass is 10.3. The van der Waals surface area contributed by atoms with Crippen LogP contribution in [0.5, 0.6) is 0 Å². The van der Waals surface area contributed by atoms with E-state index in [1.807, 2.05) is 0 Å². The van der Waals surface area contributed by atoms with Crippen molar-refractivity contribution in [3.8, 4) is 0 Å². The molecule has 0 saturated heterocycles. The van der Waals surface area contributed by atoms with Gasteiger partial charge in [0.25, 0.3) is 5.95 Å². The second kappa shape index (κ2) is 5.65. The van der Waals surface area contributed by atoms with Crippen LogP contribution in [0.1, 0.15) is 0 Å². The maximum Gasteiger partial charge on any atom is 0.265 e. The minimum Gasteiger partial charge on any atom is -0.368 e. The molecule has 2 aromatic rings. The Morgan fingerprint density at radius 2 is 2.10 bits per heavy atom. The third-order valence-electron chi connectivity index (χ3n) is 2.32. The van der Waals surface area contributed by atoms with Crippen LogP contribution >= 0.6 is 0 Å². The number of nitrogen functional groups attached to an aromatic ring is 1. The molecule has 21 heavy (non-hydrogen) atoms. The van der Waals surface area contributed by atoms with Crippen LogP contribution in [0.4, 0.5) is 23.5 Å². The number of anilines is 3. The van der Waals surface area contributed by atoms with Crippen molar-refractivity contribution in [1.29, 1.82) is 5.41 Å². The molecule has 10 heteroatoms. The fourth-order valence-electron chi connectivity index (χ4n) is 1.47. The van der Waals surface area contributed by atoms with E-state index in [2.05, 4.69) is 25.3 Å². The minimum atomic E-state index is -3.31. The summed E-state index contributed by atoms with van der Waals surface area (Å²) in [5.74, 6) is -0.0674. The van der Waals surface area contributed by atoms with Gasteiger partial charge in [-0.15, -0.1) is 4.99 Å². The first kappa shape index (κ1) is 14.6. The molecular weight excluding hydrogens is 294 g/mol. The molecule has 4 N–H and O–H groups in total. The van der Waals surface area contributed by atoms with Crippen molar-refractivity contribution in [2.24, 2.45) is 4.99 Å². The Balaban J connectivity index is 2.36. The summed E-state index contributed by atoms with van der Waals surface area (Å²) in [6, 6.07) is 7.94. The summed E-state index contributed by atoms with van der Waals surface area (Å²) in [7, 11) is -3.31. The molecule has 0 amide bonds. The van der Waals surface area contributed by atoms with Gasteiger partial charge in [0.2, 0.25) is 11.9 Å². The van der Waals surface area contributed by atoms with Crippen molar-refractivity contribution in [2.75, 3.05) is 17.3 Å². The average Bonchev–Trinajstić information content (AvgIpc) is 2.37. The first-order chi connectivity index (χ1) is 9.88. The third-order valence-corrected chi connectivity index (χ3v) is 3.43. The highest BCUT2D eigenvalue weighted by atomic mass is 32.2. The fourth-order valence-corrected chi connectivity index (χ4v) is 2.14. The number of nitrogens with zero attached hydrogens (tertiary/aromatic N) is 4. The highest BCUT2D eigenvalue weighted by molar-refractivity contribution is 7.90. The van der Waals surface area contributed by atoms with Crippen LogP contribution < -0.4 is 11.1 Å². The molecular formula is C11H11N7O2S. The van der Waals surface area contributed by atoms with E-state index in [1.54, 1.807) is 18.1 Å². The zero-order valence-corrected chi connectivity index (χ0v) is 11.7. The van der Waals surface area contributed by atoms with Crippen molar-refractivity contribution >= 4 is 39.4 Å². The summed E-state index contributed by atoms with van der Waals surface area (Å²) in [6.07, 6.45) is 1.12. The molecule has 0 bridgehead atoms. The van der Waals surface area contributed by atoms with Crippen molar-refractivity contribution in [3.63, 3.8) is 0 Å². The quantitative estimate of drug-likeness (QED) is 0.713. The van der Waals surface area contributed by atoms with E-state index in [1.165, 1.54) is 12.1 Å². The highest BCUT2D eigenvalue weighted by Gasteiger charge is 2.09. The molecule has 9 nitrogen and oxygen atoms in total. The van der Waals surface area contributed by atoms with Crippen molar-refractivity contribution in [1.82, 2.24) is 15.0 Å². The zero-order chi connectivity index (χ0) is 15.5. The molecule has 1 heterocycles. The molecule has 0 aliphatic rings. The molecule has 0 spiro atoms. The van der Waals surface area contributed by atoms with E-state index in [0.717, 1.165) is 6.26 Å². The Kier molecular flexibility index (Phi) is 3.92. The summed E-state index contributed by atoms with van der Waals surface area (Å²) in [4.78, 5) is 15.1. The summed E-state index contributed by atoms with van der Waals surface area (Å²) >= 11 is 0. The van der Waals surface area contributed by atoms with Gasteiger partial charge in [0.15, 0.2) is 9.84 Å². The molecule has 1 aromatic carbocycles. The molecule has 0 aliphatic heterocycles. The molecule has 0 aliphatic carbocycles. The Hall–Kier alpha value is -2.84. The van der Waals surface area contributed by atoms with Crippen molar-refractivity contribution < 1.29 is 8.42 Å². The van der Waals surface area contributed by atoms with Crippen LogP contribution in [-0.4, -0.2) is 35.6 Å². The third kappa shape index (κ3) is 3.81. The van der Waals surface area contributed by atoms with E-state index in [4.69, 9.17) is 11.1 Å². The molecule has 0 unspecified atom stereocenters. The Bertz CT molecular complexity index is 828. The van der Waals surface area contributed by atoms with E-state index in [9.17, 15) is 8.42 Å². The van der Waals surface area contributed by atoms with Gasteiger partial charge in [-0.2, -0.15) is 15.0 Å². The Morgan fingerprint density at radius 1 is 1.33 bits per heavy atom. The fraction of sp³-hybridized carbons (Fsp3) is 0.0909. The summed E-state index contributed by atoms with van der Waals surface area (Å²) < 4.78 is 23.0. The van der Waals surface area contributed by atoms with Gasteiger partial charge in [0.05, 0.1) is 10.9 Å². The lowest BCUT2D eigenvalue weighted by Gasteiger charge is -2.06. The van der Waals surface area contributed by atoms with E-state index < -0.39 is 9.84 Å². The van der Waals surface area contributed by atoms with Crippen LogP contribution in [0, 0.1) is 5.41 Å². The number of hydrogen-bond donors (Lipinski definition) is 3. The van der Waals surface area contributed by atoms with Crippen molar-refractivity contribution in [2.45, 2.75) is 4.90 Å². The highest BCUT2D eigenvalue weighted by Crippen LogP contribution is 2.19. The lowest BCUT2D eigenvalue weighted by Crippen LogP contribution is -2.04. The van der Waals surface area contributed by atoms with Crippen LogP contribution in [0.2, 0.25) is 0 Å². The normalized spacial score (nSPS) is 10.7. The maximum atomic E-state index is 11.5. The summed E-state index contributed by atoms with van der Waals surface area (Å²) in [5.41, 5.74) is 5.96. The number of rotatable bonds is 4. The average molecular weight is 305 g/mol. The van der Waals surface area contributed by atoms with E-state index >= 15 is 0 Å². The molecule has 1 aromatic heterocycles. The number of nitrogens with one attached hydrogen (secondary N) is 2. The number of benzene rings is 1. The van der Waals surface area contributed by atoms with Gasteiger partial charge in [0, 0.05) is 11.9 Å². The smallest absolute Gasteiger partial charge is 0.265 e. The molecule has 0 radical (unpaired) electrons. The van der Waals surface area contributed by atoms with Gasteiger partial charge in [-0.25, -0.2) is 13.8 Å². The van der Waals surface area contributed by atoms with E-state index in [0.29, 0.717) is 5.69 Å². The monoisotopic (exact) mass is 305 g/mol. The van der Waals surface area contributed by atoms with Crippen LogP contribution in [0.3, 0.4) is 0 Å². The minimum absolute atomic E-state index is 0.0701. The van der Waals surface area contributed by atoms with Crippen LogP contribution in [0.15, 0.2) is 34.2 Å². The predicted octanol–water partition coefficient (Wildman–Crippen LogP) is 0.985. The number of aliphatic imine (C=N–C) groups is 1. The number of nitrogens with two attached hydrogens (primary N) is 1. The van der Waals surface area contributed by atoms with Gasteiger partial charge in [-0.1, -0.05) is 6.07 Å². The maximum absolute atomic E-state index is 11.5. The van der Waals surface area contributed by atoms with Gasteiger partial charge in [-0.05, 0) is 18.2 Å². The van der Waals surface area contributed by atoms with Crippen LogP contribution in [-0.2, 0) is 9.84 Å². The first-order valence-electron chi connectivity index (χ1n) is 5.59.